The molecule has 51 heavy (non-hydrogen) atoms. The minimum Gasteiger partial charge on any atom is -0.501 e. The molecule has 3 fully saturated rings. The van der Waals surface area contributed by atoms with E-state index in [9.17, 15) is 42.3 Å². The summed E-state index contributed by atoms with van der Waals surface area (Å²) in [5.41, 5.74) is 0.0177. The first-order valence-electron chi connectivity index (χ1n) is 16.9. The predicted molar refractivity (Wildman–Crippen MR) is 175 cm³/mol. The largest absolute Gasteiger partial charge is 0.501 e. The van der Waals surface area contributed by atoms with Gasteiger partial charge in [0.05, 0.1) is 12.9 Å². The van der Waals surface area contributed by atoms with Crippen molar-refractivity contribution in [3.05, 3.63) is 47.7 Å². The van der Waals surface area contributed by atoms with Crippen LogP contribution in [0.5, 0.6) is 0 Å². The van der Waals surface area contributed by atoms with Crippen LogP contribution in [0.15, 0.2) is 30.5 Å². The second-order valence-electron chi connectivity index (χ2n) is 12.7. The molecule has 3 aliphatic heterocycles. The van der Waals surface area contributed by atoms with Crippen molar-refractivity contribution < 1.29 is 51.8 Å². The Balaban J connectivity index is 1.67. The van der Waals surface area contributed by atoms with Gasteiger partial charge in [0.1, 0.15) is 54.5 Å². The number of cyclic esters (lactones) is 1. The van der Waals surface area contributed by atoms with E-state index in [1.807, 2.05) is 0 Å². The lowest BCUT2D eigenvalue weighted by atomic mass is 10.0. The fourth-order valence-electron chi connectivity index (χ4n) is 6.32. The average Bonchev–Trinajstić information content (AvgIpc) is 3.78. The van der Waals surface area contributed by atoms with E-state index in [1.165, 1.54) is 35.6 Å². The Morgan fingerprint density at radius 3 is 2.25 bits per heavy atom. The standard InChI is InChI=1S/C34H44F2N6O9/c1-5-50-13-10-28(43)38-24(16-21-14-22(35)17-23(36)15-21)30(45)39-25-18-51-34(49)27-9-7-12-42(27)31(46)19(2)37-29(44)20(3)40(4)33(48)26-8-6-11-41(26)32(25)47/h10,13-15,17,19-20,24-27H,5-9,11-12,16,18H2,1-4H3,(H,37,44)(H,38,43)(H,39,45)/t19-,20-,24-,25-,26-,27-/m0/s1. The Morgan fingerprint density at radius 2 is 1.61 bits per heavy atom. The molecule has 1 aromatic rings. The number of hydrogen-bond donors (Lipinski definition) is 3. The second kappa shape index (κ2) is 17.2. The van der Waals surface area contributed by atoms with Crippen molar-refractivity contribution in [1.29, 1.82) is 0 Å². The van der Waals surface area contributed by atoms with E-state index < -0.39 is 102 Å². The zero-order valence-corrected chi connectivity index (χ0v) is 29.0. The van der Waals surface area contributed by atoms with Crippen molar-refractivity contribution >= 4 is 41.4 Å². The van der Waals surface area contributed by atoms with Gasteiger partial charge in [0.2, 0.25) is 35.4 Å². The van der Waals surface area contributed by atoms with E-state index in [2.05, 4.69) is 16.0 Å². The first kappa shape index (κ1) is 38.7. The van der Waals surface area contributed by atoms with E-state index in [0.717, 1.165) is 24.5 Å². The van der Waals surface area contributed by atoms with Crippen molar-refractivity contribution in [2.75, 3.05) is 33.4 Å². The molecule has 3 aliphatic rings. The molecule has 0 bridgehead atoms. The van der Waals surface area contributed by atoms with Crippen LogP contribution in [0.4, 0.5) is 8.78 Å². The van der Waals surface area contributed by atoms with Crippen LogP contribution in [0.2, 0.25) is 0 Å². The monoisotopic (exact) mass is 718 g/mol. The zero-order valence-electron chi connectivity index (χ0n) is 29.0. The quantitative estimate of drug-likeness (QED) is 0.188. The zero-order chi connectivity index (χ0) is 37.4. The number of esters is 1. The topological polar surface area (TPSA) is 184 Å². The van der Waals surface area contributed by atoms with Crippen molar-refractivity contribution in [3.8, 4) is 0 Å². The average molecular weight is 719 g/mol. The van der Waals surface area contributed by atoms with Crippen molar-refractivity contribution in [3.63, 3.8) is 0 Å². The lowest BCUT2D eigenvalue weighted by Gasteiger charge is -2.34. The van der Waals surface area contributed by atoms with Gasteiger partial charge < -0.3 is 40.1 Å². The third-order valence-electron chi connectivity index (χ3n) is 9.15. The van der Waals surface area contributed by atoms with Crippen molar-refractivity contribution in [2.45, 2.75) is 89.1 Å². The first-order valence-corrected chi connectivity index (χ1v) is 16.9. The van der Waals surface area contributed by atoms with Crippen LogP contribution in [0, 0.1) is 11.6 Å². The summed E-state index contributed by atoms with van der Waals surface area (Å²) < 4.78 is 38.7. The summed E-state index contributed by atoms with van der Waals surface area (Å²) in [5.74, 6) is -6.91. The van der Waals surface area contributed by atoms with Crippen LogP contribution in [-0.2, 0) is 49.5 Å². The minimum atomic E-state index is -1.58. The molecule has 17 heteroatoms. The molecule has 0 spiro atoms. The normalized spacial score (nSPS) is 25.6. The summed E-state index contributed by atoms with van der Waals surface area (Å²) in [6.45, 7) is 4.52. The molecule has 1 aromatic carbocycles. The maximum absolute atomic E-state index is 14.1. The molecule has 3 heterocycles. The minimum absolute atomic E-state index is 0.0177. The number of nitrogens with one attached hydrogen (secondary N) is 3. The van der Waals surface area contributed by atoms with Crippen LogP contribution >= 0.6 is 0 Å². The summed E-state index contributed by atoms with van der Waals surface area (Å²) in [6.07, 6.45) is 3.08. The van der Waals surface area contributed by atoms with Gasteiger partial charge in [-0.1, -0.05) is 0 Å². The fourth-order valence-corrected chi connectivity index (χ4v) is 6.32. The molecular formula is C34H44F2N6O9. The third-order valence-corrected chi connectivity index (χ3v) is 9.15. The van der Waals surface area contributed by atoms with Crippen LogP contribution in [0.25, 0.3) is 0 Å². The molecule has 6 atom stereocenters. The van der Waals surface area contributed by atoms with Gasteiger partial charge in [-0.15, -0.1) is 0 Å². The molecule has 0 radical (unpaired) electrons. The lowest BCUT2D eigenvalue weighted by Crippen LogP contribution is -2.60. The number of ether oxygens (including phenoxy) is 2. The van der Waals surface area contributed by atoms with Gasteiger partial charge in [-0.3, -0.25) is 28.8 Å². The summed E-state index contributed by atoms with van der Waals surface area (Å²) >= 11 is 0. The van der Waals surface area contributed by atoms with E-state index in [-0.39, 0.29) is 38.1 Å². The maximum atomic E-state index is 14.1. The second-order valence-corrected chi connectivity index (χ2v) is 12.7. The Labute approximate surface area is 294 Å². The number of nitrogens with zero attached hydrogens (tertiary/aromatic N) is 3. The van der Waals surface area contributed by atoms with Crippen LogP contribution in [0.1, 0.15) is 52.0 Å². The van der Waals surface area contributed by atoms with Crippen LogP contribution < -0.4 is 16.0 Å². The van der Waals surface area contributed by atoms with Crippen molar-refractivity contribution in [1.82, 2.24) is 30.7 Å². The molecule has 3 saturated heterocycles. The number of hydrogen-bond acceptors (Lipinski definition) is 9. The number of fused-ring (bicyclic) bond motifs is 2. The van der Waals surface area contributed by atoms with Gasteiger partial charge in [0, 0.05) is 38.7 Å². The summed E-state index contributed by atoms with van der Waals surface area (Å²) in [5, 5.41) is 7.56. The Kier molecular flexibility index (Phi) is 13.1. The molecule has 0 aromatic heterocycles. The third kappa shape index (κ3) is 9.58. The highest BCUT2D eigenvalue weighted by atomic mass is 19.1. The Morgan fingerprint density at radius 1 is 0.980 bits per heavy atom. The molecule has 0 aliphatic carbocycles. The van der Waals surface area contributed by atoms with E-state index in [1.54, 1.807) is 6.92 Å². The number of amides is 6. The van der Waals surface area contributed by atoms with Gasteiger partial charge in [-0.2, -0.15) is 0 Å². The number of benzene rings is 1. The summed E-state index contributed by atoms with van der Waals surface area (Å²) in [6, 6.07) is -4.56. The number of carbonyl (C=O) groups is 7. The number of rotatable bonds is 8. The molecule has 0 unspecified atom stereocenters. The predicted octanol–water partition coefficient (Wildman–Crippen LogP) is -0.0825. The highest BCUT2D eigenvalue weighted by Gasteiger charge is 2.43. The Bertz CT molecular complexity index is 1540. The molecule has 15 nitrogen and oxygen atoms in total. The van der Waals surface area contributed by atoms with E-state index in [0.29, 0.717) is 18.9 Å². The van der Waals surface area contributed by atoms with Gasteiger partial charge in [0.15, 0.2) is 0 Å². The Hall–Kier alpha value is -5.09. The molecule has 278 valence electrons. The molecule has 4 rings (SSSR count). The summed E-state index contributed by atoms with van der Waals surface area (Å²) in [7, 11) is 1.41. The van der Waals surface area contributed by atoms with Crippen molar-refractivity contribution in [2.24, 2.45) is 0 Å². The van der Waals surface area contributed by atoms with E-state index in [4.69, 9.17) is 9.47 Å². The highest BCUT2D eigenvalue weighted by molar-refractivity contribution is 5.98. The van der Waals surface area contributed by atoms with Gasteiger partial charge in [-0.25, -0.2) is 13.6 Å². The fraction of sp³-hybridized carbons (Fsp3) is 0.559. The molecule has 3 N–H and O–H groups in total. The van der Waals surface area contributed by atoms with Crippen LogP contribution in [-0.4, -0.2) is 126 Å². The number of carbonyl (C=O) groups excluding carboxylic acids is 7. The number of likely N-dealkylation sites (N-methyl/N-ethyl adjacent to an activating group) is 1. The smallest absolute Gasteiger partial charge is 0.328 e. The maximum Gasteiger partial charge on any atom is 0.328 e. The lowest BCUT2D eigenvalue weighted by molar-refractivity contribution is -0.158. The first-order chi connectivity index (χ1) is 24.2. The number of halogens is 2. The SMILES string of the molecule is CCOC=CC(=O)N[C@@H](Cc1cc(F)cc(F)c1)C(=O)N[C@H]1COC(=O)[C@@H]2CCCN2C(=O)[C@H](C)NC(=O)[C@H](C)N(C)C(=O)[C@@H]2CCCN2C1=O. The van der Waals surface area contributed by atoms with E-state index >= 15 is 0 Å². The highest BCUT2D eigenvalue weighted by Crippen LogP contribution is 2.23. The molecule has 6 amide bonds. The van der Waals surface area contributed by atoms with Gasteiger partial charge in [-0.05, 0) is 64.2 Å². The molecular weight excluding hydrogens is 674 g/mol. The van der Waals surface area contributed by atoms with Crippen LogP contribution in [0.3, 0.4) is 0 Å². The van der Waals surface area contributed by atoms with Gasteiger partial charge in [0.25, 0.3) is 0 Å². The summed E-state index contributed by atoms with van der Waals surface area (Å²) in [4.78, 5) is 97.9. The van der Waals surface area contributed by atoms with Gasteiger partial charge >= 0.3 is 5.97 Å². The molecule has 0 saturated carbocycles.